The van der Waals surface area contributed by atoms with Gasteiger partial charge in [-0.1, -0.05) is 43.3 Å². The molecule has 0 heterocycles. The molecule has 0 aromatic heterocycles. The second kappa shape index (κ2) is 4.13. The van der Waals surface area contributed by atoms with E-state index >= 15 is 0 Å². The Morgan fingerprint density at radius 3 is 2.53 bits per heavy atom. The lowest BCUT2D eigenvalue weighted by atomic mass is 10.0. The average molecular weight is 227 g/mol. The van der Waals surface area contributed by atoms with Gasteiger partial charge in [0, 0.05) is 0 Å². The molecule has 1 aliphatic carbocycles. The number of hydrogen-bond donors (Lipinski definition) is 2. The van der Waals surface area contributed by atoms with Crippen molar-refractivity contribution in [2.24, 2.45) is 0 Å². The molecule has 0 spiro atoms. The topological polar surface area (TPSA) is 32.3 Å². The molecule has 2 atom stereocenters. The lowest BCUT2D eigenvalue weighted by Crippen LogP contribution is -2.24. The van der Waals surface area contributed by atoms with E-state index in [1.54, 1.807) is 0 Å². The van der Waals surface area contributed by atoms with Gasteiger partial charge in [-0.15, -0.1) is 0 Å². The summed E-state index contributed by atoms with van der Waals surface area (Å²) in [5.41, 5.74) is 2.30. The van der Waals surface area contributed by atoms with Gasteiger partial charge in [0.15, 0.2) is 0 Å². The van der Waals surface area contributed by atoms with Crippen LogP contribution in [0.2, 0.25) is 0 Å². The molecule has 1 aliphatic rings. The molecule has 2 heteroatoms. The predicted molar refractivity (Wildman–Crippen MR) is 69.9 cm³/mol. The van der Waals surface area contributed by atoms with Crippen LogP contribution < -0.4 is 5.32 Å². The first kappa shape index (κ1) is 10.8. The quantitative estimate of drug-likeness (QED) is 0.845. The van der Waals surface area contributed by atoms with Crippen molar-refractivity contribution in [1.29, 1.82) is 0 Å². The van der Waals surface area contributed by atoms with Crippen molar-refractivity contribution in [1.82, 2.24) is 5.32 Å². The van der Waals surface area contributed by atoms with Crippen LogP contribution in [0, 0.1) is 0 Å². The van der Waals surface area contributed by atoms with E-state index in [1.165, 1.54) is 16.3 Å². The van der Waals surface area contributed by atoms with Gasteiger partial charge in [-0.2, -0.15) is 0 Å². The van der Waals surface area contributed by atoms with Gasteiger partial charge in [0.05, 0.1) is 12.1 Å². The molecular weight excluding hydrogens is 210 g/mol. The van der Waals surface area contributed by atoms with Crippen LogP contribution in [0.4, 0.5) is 0 Å². The summed E-state index contributed by atoms with van der Waals surface area (Å²) < 4.78 is 0. The SMILES string of the molecule is CCCNC1c2cccc3cccc(c23)C1O. The summed E-state index contributed by atoms with van der Waals surface area (Å²) in [5, 5.41) is 16.3. The highest BCUT2D eigenvalue weighted by Crippen LogP contribution is 2.43. The predicted octanol–water partition coefficient (Wildman–Crippen LogP) is 2.93. The molecule has 2 nitrogen and oxygen atoms in total. The van der Waals surface area contributed by atoms with E-state index in [1.807, 2.05) is 12.1 Å². The van der Waals surface area contributed by atoms with Crippen molar-refractivity contribution in [3.63, 3.8) is 0 Å². The van der Waals surface area contributed by atoms with Gasteiger partial charge < -0.3 is 10.4 Å². The van der Waals surface area contributed by atoms with E-state index in [4.69, 9.17) is 0 Å². The van der Waals surface area contributed by atoms with Crippen LogP contribution in [-0.2, 0) is 0 Å². The number of nitrogens with one attached hydrogen (secondary N) is 1. The van der Waals surface area contributed by atoms with E-state index in [0.717, 1.165) is 18.5 Å². The molecule has 88 valence electrons. The van der Waals surface area contributed by atoms with Gasteiger partial charge in [0.25, 0.3) is 0 Å². The zero-order chi connectivity index (χ0) is 11.8. The second-order valence-electron chi connectivity index (χ2n) is 4.67. The first-order valence-electron chi connectivity index (χ1n) is 6.26. The maximum atomic E-state index is 10.4. The van der Waals surface area contributed by atoms with Crippen molar-refractivity contribution in [2.75, 3.05) is 6.54 Å². The molecule has 0 saturated heterocycles. The van der Waals surface area contributed by atoms with Crippen LogP contribution in [0.3, 0.4) is 0 Å². The molecule has 0 saturated carbocycles. The summed E-state index contributed by atoms with van der Waals surface area (Å²) in [7, 11) is 0. The number of hydrogen-bond acceptors (Lipinski definition) is 2. The Hall–Kier alpha value is -1.38. The number of aliphatic hydroxyl groups excluding tert-OH is 1. The fraction of sp³-hybridized carbons (Fsp3) is 0.333. The number of aliphatic hydroxyl groups is 1. The number of rotatable bonds is 3. The first-order chi connectivity index (χ1) is 8.33. The van der Waals surface area contributed by atoms with E-state index < -0.39 is 6.10 Å². The summed E-state index contributed by atoms with van der Waals surface area (Å²) in [5.74, 6) is 0. The van der Waals surface area contributed by atoms with Crippen LogP contribution in [0.15, 0.2) is 36.4 Å². The third-order valence-electron chi connectivity index (χ3n) is 3.55. The largest absolute Gasteiger partial charge is 0.386 e. The smallest absolute Gasteiger partial charge is 0.0991 e. The zero-order valence-corrected chi connectivity index (χ0v) is 9.98. The van der Waals surface area contributed by atoms with Crippen LogP contribution in [0.25, 0.3) is 10.8 Å². The third kappa shape index (κ3) is 1.56. The molecule has 17 heavy (non-hydrogen) atoms. The molecule has 0 amide bonds. The summed E-state index contributed by atoms with van der Waals surface area (Å²) in [6, 6.07) is 12.5. The second-order valence-corrected chi connectivity index (χ2v) is 4.67. The highest BCUT2D eigenvalue weighted by Gasteiger charge is 2.31. The molecule has 2 N–H and O–H groups in total. The molecular formula is C15H17NO. The maximum absolute atomic E-state index is 10.4. The Morgan fingerprint density at radius 2 is 1.82 bits per heavy atom. The van der Waals surface area contributed by atoms with Gasteiger partial charge in [0.1, 0.15) is 0 Å². The van der Waals surface area contributed by atoms with Gasteiger partial charge in [0.2, 0.25) is 0 Å². The van der Waals surface area contributed by atoms with Gasteiger partial charge >= 0.3 is 0 Å². The maximum Gasteiger partial charge on any atom is 0.0991 e. The molecule has 3 rings (SSSR count). The third-order valence-corrected chi connectivity index (χ3v) is 3.55. The Labute approximate surface area is 101 Å². The van der Waals surface area contributed by atoms with Crippen molar-refractivity contribution in [3.05, 3.63) is 47.5 Å². The summed E-state index contributed by atoms with van der Waals surface area (Å²) in [6.45, 7) is 3.08. The Morgan fingerprint density at radius 1 is 1.12 bits per heavy atom. The molecule has 2 unspecified atom stereocenters. The van der Waals surface area contributed by atoms with E-state index in [0.29, 0.717) is 0 Å². The number of benzene rings is 2. The van der Waals surface area contributed by atoms with Gasteiger partial charge in [-0.25, -0.2) is 0 Å². The lowest BCUT2D eigenvalue weighted by molar-refractivity contribution is 0.137. The molecule has 2 aromatic rings. The monoisotopic (exact) mass is 227 g/mol. The van der Waals surface area contributed by atoms with Crippen molar-refractivity contribution in [2.45, 2.75) is 25.5 Å². The van der Waals surface area contributed by atoms with Crippen LogP contribution in [0.5, 0.6) is 0 Å². The minimum absolute atomic E-state index is 0.0519. The average Bonchev–Trinajstić information content (AvgIpc) is 2.64. The van der Waals surface area contributed by atoms with Gasteiger partial charge in [-0.05, 0) is 34.9 Å². The molecule has 0 radical (unpaired) electrons. The standard InChI is InChI=1S/C15H17NO/c1-2-9-16-14-11-7-3-5-10-6-4-8-12(13(10)11)15(14)17/h3-8,14-17H,2,9H2,1H3. The summed E-state index contributed by atoms with van der Waals surface area (Å²) >= 11 is 0. The highest BCUT2D eigenvalue weighted by atomic mass is 16.3. The van der Waals surface area contributed by atoms with Crippen molar-refractivity contribution >= 4 is 10.8 Å². The minimum Gasteiger partial charge on any atom is -0.386 e. The minimum atomic E-state index is -0.414. The van der Waals surface area contributed by atoms with Crippen LogP contribution in [0.1, 0.15) is 36.6 Å². The Bertz CT molecular complexity index is 544. The van der Waals surface area contributed by atoms with Crippen LogP contribution >= 0.6 is 0 Å². The van der Waals surface area contributed by atoms with Crippen LogP contribution in [-0.4, -0.2) is 11.7 Å². The van der Waals surface area contributed by atoms with Gasteiger partial charge in [-0.3, -0.25) is 0 Å². The Balaban J connectivity index is 2.13. The molecule has 2 aromatic carbocycles. The highest BCUT2D eigenvalue weighted by molar-refractivity contribution is 5.91. The zero-order valence-electron chi connectivity index (χ0n) is 9.98. The summed E-state index contributed by atoms with van der Waals surface area (Å²) in [4.78, 5) is 0. The normalized spacial score (nSPS) is 22.2. The molecule has 0 aliphatic heterocycles. The van der Waals surface area contributed by atoms with E-state index in [-0.39, 0.29) is 6.04 Å². The molecule has 0 fully saturated rings. The Kier molecular flexibility index (Phi) is 2.61. The summed E-state index contributed by atoms with van der Waals surface area (Å²) in [6.07, 6.45) is 0.665. The fourth-order valence-electron chi connectivity index (χ4n) is 2.78. The lowest BCUT2D eigenvalue weighted by Gasteiger charge is -2.18. The van der Waals surface area contributed by atoms with E-state index in [9.17, 15) is 5.11 Å². The fourth-order valence-corrected chi connectivity index (χ4v) is 2.78. The van der Waals surface area contributed by atoms with E-state index in [2.05, 4.69) is 36.5 Å². The molecule has 0 bridgehead atoms. The first-order valence-corrected chi connectivity index (χ1v) is 6.26. The van der Waals surface area contributed by atoms with Crippen molar-refractivity contribution in [3.8, 4) is 0 Å². The van der Waals surface area contributed by atoms with Crippen molar-refractivity contribution < 1.29 is 5.11 Å².